The van der Waals surface area contributed by atoms with E-state index in [4.69, 9.17) is 5.73 Å². The molecule has 76 valence electrons. The second-order valence-corrected chi connectivity index (χ2v) is 5.59. The minimum Gasteiger partial charge on any atom is -0.325 e. The van der Waals surface area contributed by atoms with E-state index in [2.05, 4.69) is 4.98 Å². The molecule has 0 saturated heterocycles. The van der Waals surface area contributed by atoms with E-state index in [0.717, 1.165) is 12.8 Å². The lowest BCUT2D eigenvalue weighted by atomic mass is 10.4. The maximum atomic E-state index is 11.8. The normalized spacial score (nSPS) is 16.9. The molecule has 1 aliphatic rings. The number of nitrogens with two attached hydrogens (primary N) is 1. The molecule has 0 amide bonds. The zero-order chi connectivity index (χ0) is 10.2. The Hall–Kier alpha value is -0.940. The average Bonchev–Trinajstić information content (AvgIpc) is 3.01. The fourth-order valence-corrected chi connectivity index (χ4v) is 2.89. The average molecular weight is 212 g/mol. The van der Waals surface area contributed by atoms with Crippen molar-refractivity contribution in [3.63, 3.8) is 0 Å². The van der Waals surface area contributed by atoms with Gasteiger partial charge in [0.15, 0.2) is 14.9 Å². The lowest BCUT2D eigenvalue weighted by molar-refractivity contribution is 0.590. The molecule has 14 heavy (non-hydrogen) atoms. The molecule has 5 heteroatoms. The van der Waals surface area contributed by atoms with E-state index >= 15 is 0 Å². The summed E-state index contributed by atoms with van der Waals surface area (Å²) in [7, 11) is -3.17. The van der Waals surface area contributed by atoms with Crippen molar-refractivity contribution in [2.75, 3.05) is 0 Å². The standard InChI is InChI=1S/C9H12N2O2S/c10-6-7-2-1-3-9(11-7)14(12,13)8-4-5-8/h1-3,8H,4-6,10H2. The van der Waals surface area contributed by atoms with Gasteiger partial charge in [0.25, 0.3) is 0 Å². The van der Waals surface area contributed by atoms with Crippen LogP contribution in [0.5, 0.6) is 0 Å². The Balaban J connectivity index is 2.40. The molecule has 1 aromatic heterocycles. The van der Waals surface area contributed by atoms with Crippen LogP contribution in [0.2, 0.25) is 0 Å². The van der Waals surface area contributed by atoms with Crippen LogP contribution in [0.1, 0.15) is 18.5 Å². The molecule has 4 nitrogen and oxygen atoms in total. The van der Waals surface area contributed by atoms with E-state index < -0.39 is 9.84 Å². The van der Waals surface area contributed by atoms with E-state index in [1.807, 2.05) is 0 Å². The summed E-state index contributed by atoms with van der Waals surface area (Å²) in [6.45, 7) is 0.272. The molecule has 1 fully saturated rings. The Bertz CT molecular complexity index is 438. The van der Waals surface area contributed by atoms with Gasteiger partial charge < -0.3 is 5.73 Å². The molecule has 1 heterocycles. The maximum Gasteiger partial charge on any atom is 0.198 e. The third kappa shape index (κ3) is 1.65. The summed E-state index contributed by atoms with van der Waals surface area (Å²) >= 11 is 0. The van der Waals surface area contributed by atoms with Gasteiger partial charge in [-0.2, -0.15) is 0 Å². The molecule has 0 bridgehead atoms. The van der Waals surface area contributed by atoms with Crippen LogP contribution in [-0.4, -0.2) is 18.7 Å². The Kier molecular flexibility index (Phi) is 2.28. The fraction of sp³-hybridized carbons (Fsp3) is 0.444. The minimum absolute atomic E-state index is 0.169. The largest absolute Gasteiger partial charge is 0.325 e. The van der Waals surface area contributed by atoms with E-state index in [-0.39, 0.29) is 16.8 Å². The van der Waals surface area contributed by atoms with Crippen molar-refractivity contribution in [2.24, 2.45) is 5.73 Å². The van der Waals surface area contributed by atoms with Crippen LogP contribution in [-0.2, 0) is 16.4 Å². The third-order valence-corrected chi connectivity index (χ3v) is 4.40. The van der Waals surface area contributed by atoms with Crippen LogP contribution >= 0.6 is 0 Å². The van der Waals surface area contributed by atoms with Crippen LogP contribution in [0.15, 0.2) is 23.2 Å². The molecule has 2 N–H and O–H groups in total. The zero-order valence-electron chi connectivity index (χ0n) is 7.68. The maximum absolute atomic E-state index is 11.8. The molecule has 1 aliphatic carbocycles. The number of rotatable bonds is 3. The summed E-state index contributed by atoms with van der Waals surface area (Å²) in [5.41, 5.74) is 6.01. The minimum atomic E-state index is -3.17. The number of hydrogen-bond donors (Lipinski definition) is 1. The van der Waals surface area contributed by atoms with Gasteiger partial charge in [0.1, 0.15) is 0 Å². The Morgan fingerprint density at radius 1 is 1.43 bits per heavy atom. The molecule has 1 saturated carbocycles. The number of nitrogens with zero attached hydrogens (tertiary/aromatic N) is 1. The van der Waals surface area contributed by atoms with Gasteiger partial charge in [-0.1, -0.05) is 6.07 Å². The van der Waals surface area contributed by atoms with Gasteiger partial charge in [-0.25, -0.2) is 13.4 Å². The predicted molar refractivity (Wildman–Crippen MR) is 52.3 cm³/mol. The lowest BCUT2D eigenvalue weighted by Gasteiger charge is -2.02. The summed E-state index contributed by atoms with van der Waals surface area (Å²) in [5, 5.41) is -0.0361. The summed E-state index contributed by atoms with van der Waals surface area (Å²) in [4.78, 5) is 4.01. The predicted octanol–water partition coefficient (Wildman–Crippen LogP) is 0.476. The molecular formula is C9H12N2O2S. The van der Waals surface area contributed by atoms with Crippen LogP contribution < -0.4 is 5.73 Å². The van der Waals surface area contributed by atoms with Crippen LogP contribution in [0.25, 0.3) is 0 Å². The van der Waals surface area contributed by atoms with Gasteiger partial charge in [-0.05, 0) is 25.0 Å². The highest BCUT2D eigenvalue weighted by atomic mass is 32.2. The summed E-state index contributed by atoms with van der Waals surface area (Å²) < 4.78 is 23.5. The second-order valence-electron chi connectivity index (χ2n) is 3.42. The van der Waals surface area contributed by atoms with Gasteiger partial charge in [-0.15, -0.1) is 0 Å². The van der Waals surface area contributed by atoms with E-state index in [1.54, 1.807) is 12.1 Å². The molecule has 0 radical (unpaired) electrons. The molecule has 0 spiro atoms. The van der Waals surface area contributed by atoms with Crippen LogP contribution in [0.4, 0.5) is 0 Å². The molecule has 0 aromatic carbocycles. The number of hydrogen-bond acceptors (Lipinski definition) is 4. The van der Waals surface area contributed by atoms with E-state index in [0.29, 0.717) is 5.69 Å². The first-order chi connectivity index (χ1) is 6.64. The van der Waals surface area contributed by atoms with Crippen molar-refractivity contribution in [3.8, 4) is 0 Å². The Labute approximate surface area is 83.1 Å². The molecule has 2 rings (SSSR count). The zero-order valence-corrected chi connectivity index (χ0v) is 8.50. The third-order valence-electron chi connectivity index (χ3n) is 2.25. The van der Waals surface area contributed by atoms with E-state index in [9.17, 15) is 8.42 Å². The number of pyridine rings is 1. The van der Waals surface area contributed by atoms with Crippen molar-refractivity contribution in [3.05, 3.63) is 23.9 Å². The highest BCUT2D eigenvalue weighted by Crippen LogP contribution is 2.32. The van der Waals surface area contributed by atoms with Crippen LogP contribution in [0.3, 0.4) is 0 Å². The Morgan fingerprint density at radius 2 is 2.14 bits per heavy atom. The molecule has 0 unspecified atom stereocenters. The van der Waals surface area contributed by atoms with Gasteiger partial charge in [0.05, 0.1) is 10.9 Å². The number of aromatic nitrogens is 1. The molecular weight excluding hydrogens is 200 g/mol. The lowest BCUT2D eigenvalue weighted by Crippen LogP contribution is -2.11. The first-order valence-electron chi connectivity index (χ1n) is 4.54. The Morgan fingerprint density at radius 3 is 2.71 bits per heavy atom. The smallest absolute Gasteiger partial charge is 0.198 e. The first-order valence-corrected chi connectivity index (χ1v) is 6.09. The highest BCUT2D eigenvalue weighted by Gasteiger charge is 2.37. The van der Waals surface area contributed by atoms with Crippen molar-refractivity contribution in [1.29, 1.82) is 0 Å². The van der Waals surface area contributed by atoms with Gasteiger partial charge in [0, 0.05) is 6.54 Å². The van der Waals surface area contributed by atoms with Crippen LogP contribution in [0, 0.1) is 0 Å². The topological polar surface area (TPSA) is 73.1 Å². The quantitative estimate of drug-likeness (QED) is 0.790. The first kappa shape index (κ1) is 9.61. The van der Waals surface area contributed by atoms with Crippen molar-refractivity contribution < 1.29 is 8.42 Å². The highest BCUT2D eigenvalue weighted by molar-refractivity contribution is 7.92. The number of sulfone groups is 1. The summed E-state index contributed by atoms with van der Waals surface area (Å²) in [6.07, 6.45) is 1.52. The van der Waals surface area contributed by atoms with Crippen molar-refractivity contribution in [2.45, 2.75) is 29.7 Å². The summed E-state index contributed by atoms with van der Waals surface area (Å²) in [6, 6.07) is 4.95. The monoisotopic (exact) mass is 212 g/mol. The SMILES string of the molecule is NCc1cccc(S(=O)(=O)C2CC2)n1. The second kappa shape index (κ2) is 3.33. The summed E-state index contributed by atoms with van der Waals surface area (Å²) in [5.74, 6) is 0. The fourth-order valence-electron chi connectivity index (χ4n) is 1.28. The van der Waals surface area contributed by atoms with Gasteiger partial charge >= 0.3 is 0 Å². The van der Waals surface area contributed by atoms with Gasteiger partial charge in [-0.3, -0.25) is 0 Å². The molecule has 1 aromatic rings. The molecule has 0 atom stereocenters. The van der Waals surface area contributed by atoms with Gasteiger partial charge in [0.2, 0.25) is 0 Å². The molecule has 0 aliphatic heterocycles. The van der Waals surface area contributed by atoms with Crippen molar-refractivity contribution in [1.82, 2.24) is 4.98 Å². The van der Waals surface area contributed by atoms with E-state index in [1.165, 1.54) is 6.07 Å². The van der Waals surface area contributed by atoms with Crippen molar-refractivity contribution >= 4 is 9.84 Å².